The summed E-state index contributed by atoms with van der Waals surface area (Å²) in [6.07, 6.45) is 1.67. The monoisotopic (exact) mass is 570 g/mol. The Morgan fingerprint density at radius 1 is 1.08 bits per heavy atom. The number of hydrogen-bond acceptors (Lipinski definition) is 5. The molecule has 0 unspecified atom stereocenters. The Morgan fingerprint density at radius 3 is 2.41 bits per heavy atom. The Kier molecular flexibility index (Phi) is 8.72. The van der Waals surface area contributed by atoms with Gasteiger partial charge in [-0.05, 0) is 93.5 Å². The van der Waals surface area contributed by atoms with Crippen molar-refractivity contribution in [3.05, 3.63) is 73.5 Å². The van der Waals surface area contributed by atoms with E-state index in [0.29, 0.717) is 47.9 Å². The Hall–Kier alpha value is -3.29. The quantitative estimate of drug-likeness (QED) is 0.210. The minimum atomic E-state index is -0.976. The molecule has 0 radical (unpaired) electrons. The highest BCUT2D eigenvalue weighted by molar-refractivity contribution is 6.34. The molecule has 0 amide bonds. The third kappa shape index (κ3) is 5.85. The van der Waals surface area contributed by atoms with Gasteiger partial charge in [0, 0.05) is 38.9 Å². The largest absolute Gasteiger partial charge is 0.494 e. The van der Waals surface area contributed by atoms with Gasteiger partial charge in [-0.1, -0.05) is 29.3 Å². The minimum absolute atomic E-state index is 0.246. The fourth-order valence-corrected chi connectivity index (χ4v) is 5.65. The number of aryl methyl sites for hydroxylation is 3. The summed E-state index contributed by atoms with van der Waals surface area (Å²) < 4.78 is 12.9. The number of ether oxygens (including phenoxy) is 2. The second-order valence-electron chi connectivity index (χ2n) is 9.72. The van der Waals surface area contributed by atoms with E-state index < -0.39 is 5.97 Å². The number of aliphatic carboxylic acids is 1. The number of allylic oxidation sites excluding steroid dienone is 1. The van der Waals surface area contributed by atoms with Gasteiger partial charge in [0.25, 0.3) is 0 Å². The van der Waals surface area contributed by atoms with Gasteiger partial charge in [0.2, 0.25) is 0 Å². The zero-order chi connectivity index (χ0) is 28.4. The molecule has 3 aromatic rings. The number of rotatable bonds is 10. The lowest BCUT2D eigenvalue weighted by Crippen LogP contribution is -2.11. The predicted octanol–water partition coefficient (Wildman–Crippen LogP) is 6.91. The van der Waals surface area contributed by atoms with Crippen molar-refractivity contribution >= 4 is 40.7 Å². The van der Waals surface area contributed by atoms with Crippen molar-refractivity contribution in [2.24, 2.45) is 0 Å². The maximum Gasteiger partial charge on any atom is 0.334 e. The summed E-state index contributed by atoms with van der Waals surface area (Å²) in [5.41, 5.74) is 8.28. The first-order valence-electron chi connectivity index (χ1n) is 12.9. The van der Waals surface area contributed by atoms with Crippen LogP contribution in [0.15, 0.2) is 29.8 Å². The molecule has 206 valence electrons. The van der Waals surface area contributed by atoms with Gasteiger partial charge in [-0.2, -0.15) is 5.10 Å². The first-order valence-corrected chi connectivity index (χ1v) is 13.7. The molecule has 2 aromatic carbocycles. The van der Waals surface area contributed by atoms with Gasteiger partial charge < -0.3 is 14.6 Å². The molecule has 1 aromatic heterocycles. The van der Waals surface area contributed by atoms with Crippen molar-refractivity contribution < 1.29 is 24.2 Å². The molecule has 0 saturated carbocycles. The van der Waals surface area contributed by atoms with Crippen LogP contribution in [0.5, 0.6) is 5.75 Å². The number of carbonyl (C=O) groups excluding carboxylic acids is 1. The summed E-state index contributed by atoms with van der Waals surface area (Å²) in [6, 6.07) is 7.62. The van der Waals surface area contributed by atoms with Gasteiger partial charge in [-0.25, -0.2) is 4.79 Å². The first kappa shape index (κ1) is 28.7. The minimum Gasteiger partial charge on any atom is -0.494 e. The molecule has 4 rings (SSSR count). The summed E-state index contributed by atoms with van der Waals surface area (Å²) in [7, 11) is 0. The standard InChI is InChI=1S/C30H32Cl2N2O5/c1-6-38-30(37)24-14-23-22(21(24)8-7-11-39-20-12-16(2)29(32)17(3)13-20)9-10-25(31)28(23)27-18(4)33-34(19(27)5)15-26(35)36/h9-10,12-13H,6-8,11,14-15H2,1-5H3,(H,35,36). The van der Waals surface area contributed by atoms with Crippen LogP contribution in [0.1, 0.15) is 53.4 Å². The third-order valence-electron chi connectivity index (χ3n) is 6.99. The molecule has 0 saturated heterocycles. The van der Waals surface area contributed by atoms with Gasteiger partial charge in [-0.3, -0.25) is 9.48 Å². The Labute approximate surface area is 238 Å². The second kappa shape index (κ2) is 11.8. The van der Waals surface area contributed by atoms with Crippen LogP contribution in [0.25, 0.3) is 16.7 Å². The normalized spacial score (nSPS) is 12.6. The number of benzene rings is 2. The van der Waals surface area contributed by atoms with Crippen LogP contribution in [-0.4, -0.2) is 40.0 Å². The molecule has 1 heterocycles. The molecule has 0 aliphatic heterocycles. The molecule has 0 bridgehead atoms. The lowest BCUT2D eigenvalue weighted by atomic mass is 9.93. The average molecular weight is 572 g/mol. The number of carboxylic acids is 1. The van der Waals surface area contributed by atoms with Gasteiger partial charge in [0.15, 0.2) is 0 Å². The van der Waals surface area contributed by atoms with E-state index in [1.807, 2.05) is 52.0 Å². The van der Waals surface area contributed by atoms with Crippen LogP contribution in [0.3, 0.4) is 0 Å². The molecule has 0 atom stereocenters. The Bertz CT molecular complexity index is 1470. The van der Waals surface area contributed by atoms with Crippen LogP contribution in [0.4, 0.5) is 0 Å². The second-order valence-corrected chi connectivity index (χ2v) is 10.5. The average Bonchev–Trinajstić information content (AvgIpc) is 3.37. The number of halogens is 2. The lowest BCUT2D eigenvalue weighted by Gasteiger charge is -2.14. The van der Waals surface area contributed by atoms with Crippen LogP contribution < -0.4 is 4.74 Å². The topological polar surface area (TPSA) is 90.7 Å². The van der Waals surface area contributed by atoms with Crippen LogP contribution >= 0.6 is 23.2 Å². The van der Waals surface area contributed by atoms with Crippen molar-refractivity contribution in [1.82, 2.24) is 9.78 Å². The molecule has 0 spiro atoms. The number of aromatic nitrogens is 2. The van der Waals surface area contributed by atoms with Gasteiger partial charge in [0.1, 0.15) is 12.3 Å². The van der Waals surface area contributed by atoms with Crippen LogP contribution in [0, 0.1) is 27.7 Å². The third-order valence-corrected chi connectivity index (χ3v) is 7.90. The van der Waals surface area contributed by atoms with Gasteiger partial charge in [-0.15, -0.1) is 0 Å². The molecule has 7 nitrogen and oxygen atoms in total. The molecule has 1 aliphatic rings. The summed E-state index contributed by atoms with van der Waals surface area (Å²) in [6.45, 7) is 9.86. The van der Waals surface area contributed by atoms with E-state index in [4.69, 9.17) is 32.7 Å². The first-order chi connectivity index (χ1) is 18.5. The smallest absolute Gasteiger partial charge is 0.334 e. The summed E-state index contributed by atoms with van der Waals surface area (Å²) in [5.74, 6) is -0.555. The van der Waals surface area contributed by atoms with Crippen molar-refractivity contribution in [2.45, 2.75) is 60.4 Å². The molecule has 1 N–H and O–H groups in total. The molecular weight excluding hydrogens is 539 g/mol. The summed E-state index contributed by atoms with van der Waals surface area (Å²) in [5, 5.41) is 15.0. The summed E-state index contributed by atoms with van der Waals surface area (Å²) in [4.78, 5) is 24.4. The van der Waals surface area contributed by atoms with Crippen LogP contribution in [0.2, 0.25) is 10.0 Å². The maximum absolute atomic E-state index is 13.0. The van der Waals surface area contributed by atoms with Crippen molar-refractivity contribution in [3.63, 3.8) is 0 Å². The fourth-order valence-electron chi connectivity index (χ4n) is 5.27. The van der Waals surface area contributed by atoms with E-state index in [1.54, 1.807) is 6.92 Å². The van der Waals surface area contributed by atoms with Crippen molar-refractivity contribution in [3.8, 4) is 16.9 Å². The highest BCUT2D eigenvalue weighted by atomic mass is 35.5. The number of esters is 1. The fraction of sp³-hybridized carbons (Fsp3) is 0.367. The SMILES string of the molecule is CCOC(=O)C1=C(CCCOc2cc(C)c(Cl)c(C)c2)c2ccc(Cl)c(-c3c(C)nn(CC(=O)O)c3C)c2C1. The number of hydrogen-bond donors (Lipinski definition) is 1. The van der Waals surface area contributed by atoms with E-state index in [1.165, 1.54) is 4.68 Å². The van der Waals surface area contributed by atoms with Gasteiger partial charge >= 0.3 is 11.9 Å². The highest BCUT2D eigenvalue weighted by Gasteiger charge is 2.31. The number of fused-ring (bicyclic) bond motifs is 1. The predicted molar refractivity (Wildman–Crippen MR) is 153 cm³/mol. The number of nitrogens with zero attached hydrogens (tertiary/aromatic N) is 2. The Balaban J connectivity index is 1.65. The van der Waals surface area contributed by atoms with E-state index in [-0.39, 0.29) is 19.1 Å². The van der Waals surface area contributed by atoms with Crippen molar-refractivity contribution in [1.29, 1.82) is 0 Å². The summed E-state index contributed by atoms with van der Waals surface area (Å²) >= 11 is 13.0. The zero-order valence-electron chi connectivity index (χ0n) is 22.8. The van der Waals surface area contributed by atoms with Crippen LogP contribution in [-0.2, 0) is 27.3 Å². The van der Waals surface area contributed by atoms with E-state index in [9.17, 15) is 14.7 Å². The number of carboxylic acid groups (broad SMARTS) is 1. The highest BCUT2D eigenvalue weighted by Crippen LogP contribution is 2.45. The lowest BCUT2D eigenvalue weighted by molar-refractivity contribution is -0.139. The molecule has 9 heteroatoms. The number of carbonyl (C=O) groups is 2. The van der Waals surface area contributed by atoms with E-state index in [2.05, 4.69) is 5.10 Å². The Morgan fingerprint density at radius 2 is 1.77 bits per heavy atom. The molecule has 0 fully saturated rings. The van der Waals surface area contributed by atoms with Crippen molar-refractivity contribution in [2.75, 3.05) is 13.2 Å². The van der Waals surface area contributed by atoms with E-state index >= 15 is 0 Å². The molecule has 1 aliphatic carbocycles. The zero-order valence-corrected chi connectivity index (χ0v) is 24.3. The maximum atomic E-state index is 13.0. The molecular formula is C30H32Cl2N2O5. The van der Waals surface area contributed by atoms with Gasteiger partial charge in [0.05, 0.1) is 18.9 Å². The van der Waals surface area contributed by atoms with E-state index in [0.717, 1.165) is 49.7 Å². The molecule has 39 heavy (non-hydrogen) atoms.